The first-order valence-corrected chi connectivity index (χ1v) is 8.44. The Bertz CT molecular complexity index is 874. The molecule has 0 spiro atoms. The Morgan fingerprint density at radius 1 is 1.17 bits per heavy atom. The standard InChI is InChI=1S/C16H14FN3O3S/c17-13-3-1-4-14(11-13)20-16(21)12-5-7-15(8-6-12)24(22,23)19-10-2-9-18/h1,3-8,11,19H,2,10H2,(H,20,21). The summed E-state index contributed by atoms with van der Waals surface area (Å²) < 4.78 is 39.3. The van der Waals surface area contributed by atoms with Gasteiger partial charge in [-0.15, -0.1) is 0 Å². The number of nitriles is 1. The third-order valence-corrected chi connectivity index (χ3v) is 4.52. The number of sulfonamides is 1. The zero-order valence-corrected chi connectivity index (χ0v) is 13.3. The van der Waals surface area contributed by atoms with E-state index in [1.165, 1.54) is 42.5 Å². The number of hydrogen-bond acceptors (Lipinski definition) is 4. The van der Waals surface area contributed by atoms with Gasteiger partial charge in [0.1, 0.15) is 5.82 Å². The van der Waals surface area contributed by atoms with E-state index >= 15 is 0 Å². The van der Waals surface area contributed by atoms with Gasteiger partial charge < -0.3 is 5.32 Å². The van der Waals surface area contributed by atoms with E-state index in [0.29, 0.717) is 5.69 Å². The van der Waals surface area contributed by atoms with Gasteiger partial charge in [0.05, 0.1) is 11.0 Å². The molecular weight excluding hydrogens is 333 g/mol. The van der Waals surface area contributed by atoms with Crippen LogP contribution < -0.4 is 10.0 Å². The highest BCUT2D eigenvalue weighted by Gasteiger charge is 2.14. The van der Waals surface area contributed by atoms with Crippen LogP contribution in [0.25, 0.3) is 0 Å². The highest BCUT2D eigenvalue weighted by atomic mass is 32.2. The summed E-state index contributed by atoms with van der Waals surface area (Å²) in [6.45, 7) is 0.0145. The molecule has 2 aromatic rings. The normalized spacial score (nSPS) is 10.8. The lowest BCUT2D eigenvalue weighted by molar-refractivity contribution is 0.102. The zero-order chi connectivity index (χ0) is 17.6. The van der Waals surface area contributed by atoms with Gasteiger partial charge in [-0.2, -0.15) is 5.26 Å². The van der Waals surface area contributed by atoms with E-state index in [1.54, 1.807) is 6.07 Å². The second-order valence-corrected chi connectivity index (χ2v) is 6.56. The summed E-state index contributed by atoms with van der Waals surface area (Å²) in [5.41, 5.74) is 0.533. The van der Waals surface area contributed by atoms with E-state index in [1.807, 2.05) is 6.07 Å². The molecule has 0 unspecified atom stereocenters. The fourth-order valence-corrected chi connectivity index (χ4v) is 2.91. The van der Waals surface area contributed by atoms with E-state index in [4.69, 9.17) is 5.26 Å². The van der Waals surface area contributed by atoms with Gasteiger partial charge in [0, 0.05) is 24.2 Å². The summed E-state index contributed by atoms with van der Waals surface area (Å²) in [6.07, 6.45) is 0.0629. The Morgan fingerprint density at radius 3 is 2.50 bits per heavy atom. The van der Waals surface area contributed by atoms with Crippen LogP contribution >= 0.6 is 0 Å². The molecule has 124 valence electrons. The summed E-state index contributed by atoms with van der Waals surface area (Å²) in [4.78, 5) is 12.1. The summed E-state index contributed by atoms with van der Waals surface area (Å²) in [6, 6.07) is 12.6. The zero-order valence-electron chi connectivity index (χ0n) is 12.5. The molecule has 0 atom stereocenters. The first-order chi connectivity index (χ1) is 11.4. The van der Waals surface area contributed by atoms with Crippen LogP contribution in [-0.2, 0) is 10.0 Å². The van der Waals surface area contributed by atoms with Crippen LogP contribution in [0.5, 0.6) is 0 Å². The molecule has 0 saturated heterocycles. The molecule has 0 aliphatic carbocycles. The van der Waals surface area contributed by atoms with Crippen LogP contribution in [0.2, 0.25) is 0 Å². The Morgan fingerprint density at radius 2 is 1.88 bits per heavy atom. The second kappa shape index (κ2) is 7.68. The van der Waals surface area contributed by atoms with Gasteiger partial charge in [-0.3, -0.25) is 4.79 Å². The fourth-order valence-electron chi connectivity index (χ4n) is 1.88. The van der Waals surface area contributed by atoms with Crippen molar-refractivity contribution in [1.29, 1.82) is 5.26 Å². The number of rotatable bonds is 6. The van der Waals surface area contributed by atoms with Crippen LogP contribution in [0.15, 0.2) is 53.4 Å². The maximum atomic E-state index is 13.1. The number of carbonyl (C=O) groups is 1. The maximum absolute atomic E-state index is 13.1. The van der Waals surface area contributed by atoms with Gasteiger partial charge in [0.2, 0.25) is 10.0 Å². The third kappa shape index (κ3) is 4.62. The Balaban J connectivity index is 2.08. The lowest BCUT2D eigenvalue weighted by Crippen LogP contribution is -2.24. The van der Waals surface area contributed by atoms with Crippen molar-refractivity contribution in [1.82, 2.24) is 4.72 Å². The van der Waals surface area contributed by atoms with E-state index in [0.717, 1.165) is 0 Å². The fraction of sp³-hybridized carbons (Fsp3) is 0.125. The first-order valence-electron chi connectivity index (χ1n) is 6.96. The molecule has 0 aliphatic rings. The van der Waals surface area contributed by atoms with Crippen molar-refractivity contribution < 1.29 is 17.6 Å². The average molecular weight is 347 g/mol. The van der Waals surface area contributed by atoms with E-state index in [2.05, 4.69) is 10.0 Å². The minimum Gasteiger partial charge on any atom is -0.322 e. The van der Waals surface area contributed by atoms with E-state index in [9.17, 15) is 17.6 Å². The largest absolute Gasteiger partial charge is 0.322 e. The van der Waals surface area contributed by atoms with Crippen molar-refractivity contribution in [2.24, 2.45) is 0 Å². The van der Waals surface area contributed by atoms with Crippen LogP contribution in [0, 0.1) is 17.1 Å². The number of nitrogens with one attached hydrogen (secondary N) is 2. The summed E-state index contributed by atoms with van der Waals surface area (Å²) in [5, 5.41) is 10.9. The van der Waals surface area contributed by atoms with Crippen LogP contribution in [0.1, 0.15) is 16.8 Å². The van der Waals surface area contributed by atoms with E-state index < -0.39 is 21.7 Å². The molecule has 0 heterocycles. The van der Waals surface area contributed by atoms with Crippen molar-refractivity contribution >= 4 is 21.6 Å². The highest BCUT2D eigenvalue weighted by Crippen LogP contribution is 2.14. The lowest BCUT2D eigenvalue weighted by Gasteiger charge is -2.07. The molecule has 0 aromatic heterocycles. The smallest absolute Gasteiger partial charge is 0.255 e. The number of hydrogen-bond donors (Lipinski definition) is 2. The molecule has 8 heteroatoms. The molecular formula is C16H14FN3O3S. The SMILES string of the molecule is N#CCCNS(=O)(=O)c1ccc(C(=O)Nc2cccc(F)c2)cc1. The predicted octanol–water partition coefficient (Wildman–Crippen LogP) is 2.27. The van der Waals surface area contributed by atoms with Crippen molar-refractivity contribution in [3.05, 3.63) is 59.9 Å². The molecule has 24 heavy (non-hydrogen) atoms. The molecule has 0 fully saturated rings. The topological polar surface area (TPSA) is 99.1 Å². The van der Waals surface area contributed by atoms with Gasteiger partial charge in [-0.05, 0) is 42.5 Å². The number of halogens is 1. The molecule has 2 aromatic carbocycles. The van der Waals surface area contributed by atoms with Gasteiger partial charge in [-0.1, -0.05) is 6.07 Å². The summed E-state index contributed by atoms with van der Waals surface area (Å²) >= 11 is 0. The number of anilines is 1. The third-order valence-electron chi connectivity index (χ3n) is 3.04. The Labute approximate surface area is 139 Å². The van der Waals surface area contributed by atoms with Crippen LogP contribution in [-0.4, -0.2) is 20.9 Å². The van der Waals surface area contributed by atoms with Crippen molar-refractivity contribution in [3.63, 3.8) is 0 Å². The minimum atomic E-state index is -3.72. The molecule has 0 saturated carbocycles. The van der Waals surface area contributed by atoms with Gasteiger partial charge in [-0.25, -0.2) is 17.5 Å². The maximum Gasteiger partial charge on any atom is 0.255 e. The van der Waals surface area contributed by atoms with Crippen molar-refractivity contribution in [2.75, 3.05) is 11.9 Å². The minimum absolute atomic E-state index is 0.0113. The Kier molecular flexibility index (Phi) is 5.63. The predicted molar refractivity (Wildman–Crippen MR) is 86.2 cm³/mol. The van der Waals surface area contributed by atoms with Crippen LogP contribution in [0.4, 0.5) is 10.1 Å². The molecule has 0 radical (unpaired) electrons. The lowest BCUT2D eigenvalue weighted by atomic mass is 10.2. The average Bonchev–Trinajstić information content (AvgIpc) is 2.55. The Hall–Kier alpha value is -2.76. The van der Waals surface area contributed by atoms with E-state index in [-0.39, 0.29) is 23.4 Å². The van der Waals surface area contributed by atoms with Crippen molar-refractivity contribution in [2.45, 2.75) is 11.3 Å². The molecule has 2 N–H and O–H groups in total. The molecule has 2 rings (SSSR count). The summed E-state index contributed by atoms with van der Waals surface area (Å²) in [7, 11) is -3.72. The molecule has 0 aliphatic heterocycles. The van der Waals surface area contributed by atoms with Gasteiger partial charge in [0.15, 0.2) is 0 Å². The van der Waals surface area contributed by atoms with Crippen LogP contribution in [0.3, 0.4) is 0 Å². The molecule has 6 nitrogen and oxygen atoms in total. The second-order valence-electron chi connectivity index (χ2n) is 4.79. The van der Waals surface area contributed by atoms with Crippen molar-refractivity contribution in [3.8, 4) is 6.07 Å². The summed E-state index contributed by atoms with van der Waals surface area (Å²) in [5.74, 6) is -0.959. The highest BCUT2D eigenvalue weighted by molar-refractivity contribution is 7.89. The molecule has 0 bridgehead atoms. The number of nitrogens with zero attached hydrogens (tertiary/aromatic N) is 1. The monoisotopic (exact) mass is 347 g/mol. The number of benzene rings is 2. The number of amides is 1. The molecule has 1 amide bonds. The number of carbonyl (C=O) groups excluding carboxylic acids is 1. The first kappa shape index (κ1) is 17.6. The van der Waals surface area contributed by atoms with Gasteiger partial charge >= 0.3 is 0 Å². The van der Waals surface area contributed by atoms with Gasteiger partial charge in [0.25, 0.3) is 5.91 Å². The quantitative estimate of drug-likeness (QED) is 0.783.